The highest BCUT2D eigenvalue weighted by atomic mass is 35.5. The van der Waals surface area contributed by atoms with E-state index >= 15 is 0 Å². The molecule has 2 amide bonds. The number of carbonyl (C=O) groups excluding carboxylic acids is 1. The maximum Gasteiger partial charge on any atom is 0.417 e. The van der Waals surface area contributed by atoms with Crippen molar-refractivity contribution < 1.29 is 18.0 Å². The fourth-order valence-electron chi connectivity index (χ4n) is 3.79. The second kappa shape index (κ2) is 10.3. The van der Waals surface area contributed by atoms with E-state index in [4.69, 9.17) is 11.6 Å². The van der Waals surface area contributed by atoms with Crippen LogP contribution in [-0.2, 0) is 6.18 Å². The van der Waals surface area contributed by atoms with E-state index in [2.05, 4.69) is 42.4 Å². The number of alkyl halides is 3. The number of urea groups is 1. The standard InChI is InChI=1S/C24H25ClF3N7O/c1-14-4-5-16(31-23(36)32-17-6-7-20(25)19(13-17)24(26,27)28)12-18(14)21-29-15(2)30-22(33-21)35-10-8-34(3)9-11-35/h4-7,12-13H,8-11H2,1-3H3,(H2,31,32,36). The lowest BCUT2D eigenvalue weighted by Gasteiger charge is -2.32. The number of likely N-dealkylation sites (N-methyl/N-ethyl adjacent to an activating group) is 1. The van der Waals surface area contributed by atoms with E-state index in [1.807, 2.05) is 13.0 Å². The zero-order valence-corrected chi connectivity index (χ0v) is 20.7. The number of aryl methyl sites for hydroxylation is 2. The minimum atomic E-state index is -4.64. The molecule has 2 aromatic carbocycles. The molecular weight excluding hydrogens is 495 g/mol. The molecule has 0 unspecified atom stereocenters. The summed E-state index contributed by atoms with van der Waals surface area (Å²) in [5, 5.41) is 4.61. The number of rotatable bonds is 4. The summed E-state index contributed by atoms with van der Waals surface area (Å²) in [4.78, 5) is 30.5. The number of amides is 2. The van der Waals surface area contributed by atoms with E-state index in [9.17, 15) is 18.0 Å². The molecule has 0 spiro atoms. The Morgan fingerprint density at radius 2 is 1.58 bits per heavy atom. The van der Waals surface area contributed by atoms with Gasteiger partial charge < -0.3 is 20.4 Å². The fourth-order valence-corrected chi connectivity index (χ4v) is 4.02. The van der Waals surface area contributed by atoms with E-state index in [0.717, 1.165) is 43.9 Å². The van der Waals surface area contributed by atoms with Gasteiger partial charge in [-0.3, -0.25) is 0 Å². The van der Waals surface area contributed by atoms with Gasteiger partial charge >= 0.3 is 12.2 Å². The number of carbonyl (C=O) groups is 1. The normalized spacial score (nSPS) is 14.6. The highest BCUT2D eigenvalue weighted by Gasteiger charge is 2.33. The zero-order chi connectivity index (χ0) is 26.0. The van der Waals surface area contributed by atoms with Crippen molar-refractivity contribution in [2.45, 2.75) is 20.0 Å². The monoisotopic (exact) mass is 519 g/mol. The number of nitrogens with one attached hydrogen (secondary N) is 2. The van der Waals surface area contributed by atoms with Crippen LogP contribution in [0, 0.1) is 13.8 Å². The molecule has 2 heterocycles. The van der Waals surface area contributed by atoms with Gasteiger partial charge in [0.25, 0.3) is 0 Å². The molecule has 8 nitrogen and oxygen atoms in total. The summed E-state index contributed by atoms with van der Waals surface area (Å²) in [6.07, 6.45) is -4.64. The van der Waals surface area contributed by atoms with Gasteiger partial charge in [0.15, 0.2) is 5.82 Å². The lowest BCUT2D eigenvalue weighted by molar-refractivity contribution is -0.137. The third-order valence-corrected chi connectivity index (χ3v) is 6.12. The van der Waals surface area contributed by atoms with Gasteiger partial charge in [0.2, 0.25) is 5.95 Å². The Balaban J connectivity index is 1.54. The number of anilines is 3. The third-order valence-electron chi connectivity index (χ3n) is 5.79. The van der Waals surface area contributed by atoms with Gasteiger partial charge in [-0.15, -0.1) is 0 Å². The predicted octanol–water partition coefficient (Wildman–Crippen LogP) is 5.22. The van der Waals surface area contributed by atoms with E-state index < -0.39 is 22.8 Å². The van der Waals surface area contributed by atoms with Gasteiger partial charge in [0.1, 0.15) is 5.82 Å². The van der Waals surface area contributed by atoms with Crippen LogP contribution in [0.5, 0.6) is 0 Å². The average Bonchev–Trinajstić information content (AvgIpc) is 2.81. The second-order valence-electron chi connectivity index (χ2n) is 8.60. The Morgan fingerprint density at radius 1 is 0.944 bits per heavy atom. The van der Waals surface area contributed by atoms with Crippen LogP contribution in [0.15, 0.2) is 36.4 Å². The van der Waals surface area contributed by atoms with Gasteiger partial charge in [-0.25, -0.2) is 9.78 Å². The summed E-state index contributed by atoms with van der Waals surface area (Å²) >= 11 is 5.65. The number of nitrogens with zero attached hydrogens (tertiary/aromatic N) is 5. The topological polar surface area (TPSA) is 86.3 Å². The van der Waals surface area contributed by atoms with Crippen molar-refractivity contribution in [2.24, 2.45) is 0 Å². The SMILES string of the molecule is Cc1nc(-c2cc(NC(=O)Nc3ccc(Cl)c(C(F)(F)F)c3)ccc2C)nc(N2CCN(C)CC2)n1. The molecule has 1 aliphatic rings. The third kappa shape index (κ3) is 6.03. The summed E-state index contributed by atoms with van der Waals surface area (Å²) in [5.41, 5.74) is 0.961. The van der Waals surface area contributed by atoms with Crippen molar-refractivity contribution in [3.8, 4) is 11.4 Å². The van der Waals surface area contributed by atoms with Gasteiger partial charge in [0.05, 0.1) is 10.6 Å². The Morgan fingerprint density at radius 3 is 2.25 bits per heavy atom. The molecule has 0 atom stereocenters. The number of halogens is 4. The molecule has 1 fully saturated rings. The molecule has 1 saturated heterocycles. The summed E-state index contributed by atoms with van der Waals surface area (Å²) in [6.45, 7) is 7.14. The van der Waals surface area contributed by atoms with Crippen LogP contribution in [-0.4, -0.2) is 59.1 Å². The van der Waals surface area contributed by atoms with Crippen molar-refractivity contribution in [3.63, 3.8) is 0 Å². The molecule has 12 heteroatoms. The summed E-state index contributed by atoms with van der Waals surface area (Å²) in [5.74, 6) is 1.66. The fraction of sp³-hybridized carbons (Fsp3) is 0.333. The smallest absolute Gasteiger partial charge is 0.338 e. The molecule has 0 saturated carbocycles. The molecule has 4 rings (SSSR count). The number of hydrogen-bond donors (Lipinski definition) is 2. The second-order valence-corrected chi connectivity index (χ2v) is 9.00. The molecule has 3 aromatic rings. The highest BCUT2D eigenvalue weighted by molar-refractivity contribution is 6.31. The molecule has 0 aliphatic carbocycles. The van der Waals surface area contributed by atoms with E-state index in [-0.39, 0.29) is 5.69 Å². The lowest BCUT2D eigenvalue weighted by atomic mass is 10.1. The van der Waals surface area contributed by atoms with Gasteiger partial charge in [-0.05, 0) is 56.8 Å². The molecule has 36 heavy (non-hydrogen) atoms. The van der Waals surface area contributed by atoms with Crippen molar-refractivity contribution in [3.05, 3.63) is 58.4 Å². The number of aromatic nitrogens is 3. The Bertz CT molecular complexity index is 1280. The van der Waals surface area contributed by atoms with Crippen molar-refractivity contribution >= 4 is 35.0 Å². The summed E-state index contributed by atoms with van der Waals surface area (Å²) in [6, 6.07) is 7.69. The summed E-state index contributed by atoms with van der Waals surface area (Å²) in [7, 11) is 2.07. The van der Waals surface area contributed by atoms with Crippen LogP contribution in [0.3, 0.4) is 0 Å². The number of benzene rings is 2. The molecule has 1 aromatic heterocycles. The van der Waals surface area contributed by atoms with E-state index in [1.165, 1.54) is 6.07 Å². The minimum absolute atomic E-state index is 0.0403. The van der Waals surface area contributed by atoms with E-state index in [0.29, 0.717) is 28.8 Å². The van der Waals surface area contributed by atoms with Crippen LogP contribution in [0.25, 0.3) is 11.4 Å². The number of piperazine rings is 1. The largest absolute Gasteiger partial charge is 0.417 e. The average molecular weight is 520 g/mol. The van der Waals surface area contributed by atoms with Crippen LogP contribution in [0.2, 0.25) is 5.02 Å². The van der Waals surface area contributed by atoms with Crippen LogP contribution >= 0.6 is 11.6 Å². The molecular formula is C24H25ClF3N7O. The first-order valence-corrected chi connectivity index (χ1v) is 11.6. The zero-order valence-electron chi connectivity index (χ0n) is 19.9. The van der Waals surface area contributed by atoms with Gasteiger partial charge in [0, 0.05) is 43.1 Å². The predicted molar refractivity (Wildman–Crippen MR) is 134 cm³/mol. The van der Waals surface area contributed by atoms with Gasteiger partial charge in [-0.1, -0.05) is 17.7 Å². The van der Waals surface area contributed by atoms with Crippen molar-refractivity contribution in [1.29, 1.82) is 0 Å². The number of hydrogen-bond acceptors (Lipinski definition) is 6. The Kier molecular flexibility index (Phi) is 7.32. The first kappa shape index (κ1) is 25.6. The maximum absolute atomic E-state index is 13.1. The van der Waals surface area contributed by atoms with Crippen molar-refractivity contribution in [1.82, 2.24) is 19.9 Å². The highest BCUT2D eigenvalue weighted by Crippen LogP contribution is 2.36. The Hall–Kier alpha value is -3.44. The summed E-state index contributed by atoms with van der Waals surface area (Å²) < 4.78 is 39.3. The van der Waals surface area contributed by atoms with E-state index in [1.54, 1.807) is 19.1 Å². The molecule has 1 aliphatic heterocycles. The quantitative estimate of drug-likeness (QED) is 0.491. The minimum Gasteiger partial charge on any atom is -0.338 e. The van der Waals surface area contributed by atoms with Gasteiger partial charge in [-0.2, -0.15) is 23.1 Å². The first-order chi connectivity index (χ1) is 17.0. The molecule has 0 radical (unpaired) electrons. The van der Waals surface area contributed by atoms with Crippen LogP contribution in [0.1, 0.15) is 17.0 Å². The molecule has 0 bridgehead atoms. The molecule has 2 N–H and O–H groups in total. The molecule has 190 valence electrons. The first-order valence-electron chi connectivity index (χ1n) is 11.2. The maximum atomic E-state index is 13.1. The Labute approximate surface area is 211 Å². The lowest BCUT2D eigenvalue weighted by Crippen LogP contribution is -2.45. The van der Waals surface area contributed by atoms with Crippen molar-refractivity contribution in [2.75, 3.05) is 48.8 Å². The van der Waals surface area contributed by atoms with Crippen LogP contribution < -0.4 is 15.5 Å². The van der Waals surface area contributed by atoms with Crippen LogP contribution in [0.4, 0.5) is 35.3 Å².